The predicted molar refractivity (Wildman–Crippen MR) is 150 cm³/mol. The highest BCUT2D eigenvalue weighted by Gasteiger charge is 2.28. The van der Waals surface area contributed by atoms with Gasteiger partial charge in [-0.3, -0.25) is 4.98 Å². The SMILES string of the molecule is CC(C)(C)OC(=O)N1CCN(C(=O)Nc2ccc3cc2CCc2cncc(c2)Nc2ncc(Cl)c(n2)N3)CC1. The van der Waals surface area contributed by atoms with Gasteiger partial charge in [0, 0.05) is 43.8 Å². The number of rotatable bonds is 1. The van der Waals surface area contributed by atoms with Crippen LogP contribution in [0, 0.1) is 0 Å². The van der Waals surface area contributed by atoms with Crippen LogP contribution in [-0.2, 0) is 17.6 Å². The van der Waals surface area contributed by atoms with Crippen molar-refractivity contribution in [2.75, 3.05) is 42.1 Å². The Labute approximate surface area is 231 Å². The molecule has 6 bridgehead atoms. The van der Waals surface area contributed by atoms with Gasteiger partial charge in [0.1, 0.15) is 10.6 Å². The second kappa shape index (κ2) is 10.9. The third kappa shape index (κ3) is 6.66. The Hall–Kier alpha value is -4.12. The van der Waals surface area contributed by atoms with Crippen LogP contribution < -0.4 is 16.0 Å². The van der Waals surface area contributed by atoms with Gasteiger partial charge in [0.15, 0.2) is 5.82 Å². The Kier molecular flexibility index (Phi) is 7.42. The van der Waals surface area contributed by atoms with Gasteiger partial charge in [-0.2, -0.15) is 4.98 Å². The summed E-state index contributed by atoms with van der Waals surface area (Å²) in [6.07, 6.45) is 6.09. The average molecular weight is 551 g/mol. The van der Waals surface area contributed by atoms with E-state index in [0.29, 0.717) is 61.5 Å². The summed E-state index contributed by atoms with van der Waals surface area (Å²) >= 11 is 6.36. The Morgan fingerprint density at radius 3 is 2.51 bits per heavy atom. The smallest absolute Gasteiger partial charge is 0.410 e. The number of halogens is 1. The fraction of sp³-hybridized carbons (Fsp3) is 0.370. The number of aromatic nitrogens is 3. The molecule has 204 valence electrons. The molecular weight excluding hydrogens is 520 g/mol. The summed E-state index contributed by atoms with van der Waals surface area (Å²) in [6.45, 7) is 7.17. The topological polar surface area (TPSA) is 125 Å². The molecular formula is C27H31ClN8O3. The summed E-state index contributed by atoms with van der Waals surface area (Å²) < 4.78 is 5.46. The molecule has 3 N–H and O–H groups in total. The number of benzene rings is 1. The molecule has 11 nitrogen and oxygen atoms in total. The number of aryl methyl sites for hydroxylation is 2. The summed E-state index contributed by atoms with van der Waals surface area (Å²) in [4.78, 5) is 42.0. The summed E-state index contributed by atoms with van der Waals surface area (Å²) in [7, 11) is 0. The predicted octanol–water partition coefficient (Wildman–Crippen LogP) is 5.20. The molecule has 2 aliphatic rings. The molecule has 1 fully saturated rings. The number of pyridine rings is 1. The van der Waals surface area contributed by atoms with E-state index in [4.69, 9.17) is 16.3 Å². The van der Waals surface area contributed by atoms with Crippen molar-refractivity contribution in [3.05, 3.63) is 59.0 Å². The molecule has 0 saturated carbocycles. The zero-order valence-electron chi connectivity index (χ0n) is 22.1. The minimum Gasteiger partial charge on any atom is -0.444 e. The standard InChI is InChI=1S/C27H31ClN8O3/c1-27(2,3)39-26(38)36-10-8-35(9-11-36)25(37)33-22-7-6-19-13-18(22)5-4-17-12-20(15-29-14-17)32-24-30-16-21(28)23(31-19)34-24/h6-7,12-16H,4-5,8-11H2,1-3H3,(H,33,37)(H2,30,31,32,34). The maximum atomic E-state index is 13.2. The molecule has 2 aromatic heterocycles. The van der Waals surface area contributed by atoms with Crippen molar-refractivity contribution < 1.29 is 14.3 Å². The number of carbonyl (C=O) groups is 2. The molecule has 3 aromatic rings. The lowest BCUT2D eigenvalue weighted by Crippen LogP contribution is -2.52. The molecule has 0 spiro atoms. The molecule has 12 heteroatoms. The number of nitrogens with one attached hydrogen (secondary N) is 3. The maximum Gasteiger partial charge on any atom is 0.410 e. The molecule has 2 aliphatic heterocycles. The first-order valence-corrected chi connectivity index (χ1v) is 13.2. The van der Waals surface area contributed by atoms with Crippen molar-refractivity contribution in [3.8, 4) is 0 Å². The van der Waals surface area contributed by atoms with Gasteiger partial charge >= 0.3 is 12.1 Å². The van der Waals surface area contributed by atoms with E-state index < -0.39 is 5.60 Å². The highest BCUT2D eigenvalue weighted by atomic mass is 35.5. The van der Waals surface area contributed by atoms with Gasteiger partial charge in [0.25, 0.3) is 0 Å². The van der Waals surface area contributed by atoms with E-state index >= 15 is 0 Å². The summed E-state index contributed by atoms with van der Waals surface area (Å²) in [5, 5.41) is 9.88. The van der Waals surface area contributed by atoms with Crippen LogP contribution in [0.3, 0.4) is 0 Å². The van der Waals surface area contributed by atoms with E-state index in [1.807, 2.05) is 51.2 Å². The molecule has 0 atom stereocenters. The highest BCUT2D eigenvalue weighted by Crippen LogP contribution is 2.29. The fourth-order valence-electron chi connectivity index (χ4n) is 4.37. The van der Waals surface area contributed by atoms with Gasteiger partial charge in [-0.25, -0.2) is 14.6 Å². The summed E-state index contributed by atoms with van der Waals surface area (Å²) in [6, 6.07) is 7.51. The van der Waals surface area contributed by atoms with Crippen LogP contribution in [0.1, 0.15) is 31.9 Å². The molecule has 0 radical (unpaired) electrons. The second-order valence-electron chi connectivity index (χ2n) is 10.5. The Bertz CT molecular complexity index is 1390. The van der Waals surface area contributed by atoms with Crippen molar-refractivity contribution in [1.29, 1.82) is 0 Å². The van der Waals surface area contributed by atoms with Gasteiger partial charge in [0.2, 0.25) is 5.95 Å². The van der Waals surface area contributed by atoms with E-state index in [9.17, 15) is 9.59 Å². The largest absolute Gasteiger partial charge is 0.444 e. The number of nitrogens with zero attached hydrogens (tertiary/aromatic N) is 5. The van der Waals surface area contributed by atoms with Crippen molar-refractivity contribution in [1.82, 2.24) is 24.8 Å². The average Bonchev–Trinajstić information content (AvgIpc) is 2.90. The molecule has 3 amide bonds. The first-order valence-electron chi connectivity index (χ1n) is 12.8. The molecule has 0 aliphatic carbocycles. The zero-order chi connectivity index (χ0) is 27.6. The molecule has 1 saturated heterocycles. The molecule has 0 unspecified atom stereocenters. The summed E-state index contributed by atoms with van der Waals surface area (Å²) in [5.41, 5.74) is 3.68. The van der Waals surface area contributed by atoms with Gasteiger partial charge in [-0.15, -0.1) is 0 Å². The van der Waals surface area contributed by atoms with Gasteiger partial charge in [-0.1, -0.05) is 11.6 Å². The lowest BCUT2D eigenvalue weighted by atomic mass is 10.0. The number of hydrogen-bond donors (Lipinski definition) is 3. The van der Waals surface area contributed by atoms with Crippen LogP contribution in [0.4, 0.5) is 38.4 Å². The number of ether oxygens (including phenoxy) is 1. The highest BCUT2D eigenvalue weighted by molar-refractivity contribution is 6.32. The first kappa shape index (κ1) is 26.5. The monoisotopic (exact) mass is 550 g/mol. The van der Waals surface area contributed by atoms with Crippen molar-refractivity contribution >= 4 is 52.6 Å². The van der Waals surface area contributed by atoms with Gasteiger partial charge in [-0.05, 0) is 69.0 Å². The first-order chi connectivity index (χ1) is 18.6. The lowest BCUT2D eigenvalue weighted by Gasteiger charge is -2.35. The Balaban J connectivity index is 1.33. The number of amides is 3. The van der Waals surface area contributed by atoms with Crippen LogP contribution in [0.15, 0.2) is 42.9 Å². The van der Waals surface area contributed by atoms with Gasteiger partial charge in [0.05, 0.1) is 18.1 Å². The normalized spacial score (nSPS) is 15.1. The lowest BCUT2D eigenvalue weighted by molar-refractivity contribution is 0.0174. The van der Waals surface area contributed by atoms with Crippen LogP contribution >= 0.6 is 11.6 Å². The number of fused-ring (bicyclic) bond motifs is 6. The third-order valence-corrected chi connectivity index (χ3v) is 6.58. The number of hydrogen-bond acceptors (Lipinski definition) is 8. The minimum atomic E-state index is -0.560. The van der Waals surface area contributed by atoms with Crippen LogP contribution in [-0.4, -0.2) is 68.7 Å². The summed E-state index contributed by atoms with van der Waals surface area (Å²) in [5.74, 6) is 0.860. The number of anilines is 5. The second-order valence-corrected chi connectivity index (χ2v) is 10.9. The third-order valence-electron chi connectivity index (χ3n) is 6.31. The fourth-order valence-corrected chi connectivity index (χ4v) is 4.50. The molecule has 4 heterocycles. The maximum absolute atomic E-state index is 13.2. The van der Waals surface area contributed by atoms with E-state index in [2.05, 4.69) is 30.9 Å². The van der Waals surface area contributed by atoms with Gasteiger partial charge < -0.3 is 30.5 Å². The Morgan fingerprint density at radius 2 is 1.74 bits per heavy atom. The number of carbonyl (C=O) groups excluding carboxylic acids is 2. The number of urea groups is 1. The van der Waals surface area contributed by atoms with E-state index in [1.165, 1.54) is 6.20 Å². The van der Waals surface area contributed by atoms with E-state index in [1.54, 1.807) is 16.0 Å². The molecule has 5 rings (SSSR count). The Morgan fingerprint density at radius 1 is 0.974 bits per heavy atom. The van der Waals surface area contributed by atoms with Crippen LogP contribution in [0.5, 0.6) is 0 Å². The minimum absolute atomic E-state index is 0.213. The van der Waals surface area contributed by atoms with Crippen molar-refractivity contribution in [3.63, 3.8) is 0 Å². The van der Waals surface area contributed by atoms with E-state index in [0.717, 1.165) is 22.5 Å². The van der Waals surface area contributed by atoms with Crippen LogP contribution in [0.25, 0.3) is 0 Å². The van der Waals surface area contributed by atoms with Crippen molar-refractivity contribution in [2.24, 2.45) is 0 Å². The molecule has 1 aromatic carbocycles. The van der Waals surface area contributed by atoms with E-state index in [-0.39, 0.29) is 12.1 Å². The molecule has 39 heavy (non-hydrogen) atoms. The number of piperazine rings is 1. The quantitative estimate of drug-likeness (QED) is 0.378. The zero-order valence-corrected chi connectivity index (χ0v) is 22.9. The van der Waals surface area contributed by atoms with Crippen LogP contribution in [0.2, 0.25) is 5.02 Å². The van der Waals surface area contributed by atoms with Crippen molar-refractivity contribution in [2.45, 2.75) is 39.2 Å².